The summed E-state index contributed by atoms with van der Waals surface area (Å²) in [7, 11) is 1.76. The van der Waals surface area contributed by atoms with Crippen molar-refractivity contribution in [2.75, 3.05) is 45.1 Å². The van der Waals surface area contributed by atoms with Gasteiger partial charge in [-0.2, -0.15) is 13.2 Å². The molecule has 4 rings (SSSR count). The number of hydrogen-bond donors (Lipinski definition) is 2. The van der Waals surface area contributed by atoms with Gasteiger partial charge in [-0.3, -0.25) is 9.69 Å². The molecule has 34 heavy (non-hydrogen) atoms. The van der Waals surface area contributed by atoms with Gasteiger partial charge in [-0.05, 0) is 61.1 Å². The zero-order valence-electron chi connectivity index (χ0n) is 19.6. The third-order valence-corrected chi connectivity index (χ3v) is 6.66. The minimum Gasteiger partial charge on any atom is -0.376 e. The van der Waals surface area contributed by atoms with E-state index in [2.05, 4.69) is 21.6 Å². The Balaban J connectivity index is 1.44. The first kappa shape index (κ1) is 24.5. The smallest absolute Gasteiger partial charge is 0.376 e. The summed E-state index contributed by atoms with van der Waals surface area (Å²) < 4.78 is 40.4. The first-order chi connectivity index (χ1) is 16.3. The van der Waals surface area contributed by atoms with Gasteiger partial charge in [0.15, 0.2) is 0 Å². The van der Waals surface area contributed by atoms with Crippen LogP contribution in [0.3, 0.4) is 0 Å². The maximum atomic E-state index is 13.5. The predicted octanol–water partition coefficient (Wildman–Crippen LogP) is 4.13. The molecule has 0 atom stereocenters. The molecule has 1 amide bonds. The van der Waals surface area contributed by atoms with Crippen LogP contribution in [0.4, 0.5) is 18.9 Å². The molecule has 1 heterocycles. The molecule has 1 aliphatic heterocycles. The number of anilines is 1. The fourth-order valence-corrected chi connectivity index (χ4v) is 4.59. The van der Waals surface area contributed by atoms with Gasteiger partial charge in [0.05, 0.1) is 12.1 Å². The molecule has 184 valence electrons. The van der Waals surface area contributed by atoms with Crippen molar-refractivity contribution in [1.82, 2.24) is 15.1 Å². The predicted molar refractivity (Wildman–Crippen MR) is 127 cm³/mol. The van der Waals surface area contributed by atoms with E-state index in [1.54, 1.807) is 13.1 Å². The van der Waals surface area contributed by atoms with Crippen LogP contribution in [0.5, 0.6) is 0 Å². The van der Waals surface area contributed by atoms with Gasteiger partial charge in [-0.25, -0.2) is 0 Å². The number of nitrogens with one attached hydrogen (secondary N) is 2. The SMILES string of the molecule is CNCCN(Cc1ccccc1C(F)(F)F)C(=O)CNc1cccc2c1CN(CC1CC1)CC2. The second-order valence-electron chi connectivity index (χ2n) is 9.30. The summed E-state index contributed by atoms with van der Waals surface area (Å²) in [4.78, 5) is 17.1. The lowest BCUT2D eigenvalue weighted by Crippen LogP contribution is -2.39. The van der Waals surface area contributed by atoms with E-state index in [4.69, 9.17) is 0 Å². The number of benzene rings is 2. The normalized spacial score (nSPS) is 16.2. The number of carbonyl (C=O) groups is 1. The van der Waals surface area contributed by atoms with Gasteiger partial charge in [0.1, 0.15) is 0 Å². The lowest BCUT2D eigenvalue weighted by Gasteiger charge is -2.31. The van der Waals surface area contributed by atoms with E-state index in [0.29, 0.717) is 13.1 Å². The second kappa shape index (κ2) is 10.8. The number of hydrogen-bond acceptors (Lipinski definition) is 4. The zero-order valence-corrected chi connectivity index (χ0v) is 19.6. The van der Waals surface area contributed by atoms with Crippen molar-refractivity contribution < 1.29 is 18.0 Å². The molecule has 0 unspecified atom stereocenters. The van der Waals surface area contributed by atoms with E-state index in [9.17, 15) is 18.0 Å². The number of carbonyl (C=O) groups excluding carboxylic acids is 1. The van der Waals surface area contributed by atoms with Gasteiger partial charge in [-0.15, -0.1) is 0 Å². The van der Waals surface area contributed by atoms with Gasteiger partial charge in [0.2, 0.25) is 5.91 Å². The van der Waals surface area contributed by atoms with Crippen molar-refractivity contribution in [3.05, 3.63) is 64.7 Å². The molecule has 0 spiro atoms. The Hall–Kier alpha value is -2.58. The molecule has 5 nitrogen and oxygen atoms in total. The highest BCUT2D eigenvalue weighted by atomic mass is 19.4. The van der Waals surface area contributed by atoms with Gasteiger partial charge in [0, 0.05) is 45.0 Å². The largest absolute Gasteiger partial charge is 0.416 e. The van der Waals surface area contributed by atoms with Crippen LogP contribution in [0.25, 0.3) is 0 Å². The highest BCUT2D eigenvalue weighted by Gasteiger charge is 2.33. The van der Waals surface area contributed by atoms with Crippen LogP contribution in [-0.4, -0.2) is 55.5 Å². The van der Waals surface area contributed by atoms with Gasteiger partial charge < -0.3 is 15.5 Å². The monoisotopic (exact) mass is 474 g/mol. The number of likely N-dealkylation sites (N-methyl/N-ethyl adjacent to an activating group) is 1. The summed E-state index contributed by atoms with van der Waals surface area (Å²) in [5.74, 6) is 0.596. The fourth-order valence-electron chi connectivity index (χ4n) is 4.59. The first-order valence-electron chi connectivity index (χ1n) is 12.0. The maximum Gasteiger partial charge on any atom is 0.416 e. The van der Waals surface area contributed by atoms with Crippen molar-refractivity contribution in [2.45, 2.75) is 38.5 Å². The van der Waals surface area contributed by atoms with E-state index in [-0.39, 0.29) is 24.6 Å². The number of fused-ring (bicyclic) bond motifs is 1. The molecule has 0 aromatic heterocycles. The van der Waals surface area contributed by atoms with Crippen LogP contribution in [0, 0.1) is 5.92 Å². The van der Waals surface area contributed by atoms with Crippen LogP contribution in [-0.2, 0) is 30.5 Å². The van der Waals surface area contributed by atoms with Gasteiger partial charge in [-0.1, -0.05) is 30.3 Å². The molecule has 2 aliphatic rings. The van der Waals surface area contributed by atoms with Crippen LogP contribution in [0.2, 0.25) is 0 Å². The third kappa shape index (κ3) is 6.30. The molecule has 2 N–H and O–H groups in total. The number of nitrogens with zero attached hydrogens (tertiary/aromatic N) is 2. The van der Waals surface area contributed by atoms with E-state index in [0.717, 1.165) is 43.7 Å². The van der Waals surface area contributed by atoms with Crippen molar-refractivity contribution >= 4 is 11.6 Å². The van der Waals surface area contributed by atoms with Crippen molar-refractivity contribution in [2.24, 2.45) is 5.92 Å². The summed E-state index contributed by atoms with van der Waals surface area (Å²) in [6.45, 7) is 3.83. The summed E-state index contributed by atoms with van der Waals surface area (Å²) in [6.07, 6.45) is -0.828. The van der Waals surface area contributed by atoms with Crippen molar-refractivity contribution in [3.63, 3.8) is 0 Å². The Morgan fingerprint density at radius 1 is 1.15 bits per heavy atom. The lowest BCUT2D eigenvalue weighted by atomic mass is 9.97. The number of rotatable bonds is 10. The Kier molecular flexibility index (Phi) is 7.78. The average molecular weight is 475 g/mol. The Morgan fingerprint density at radius 3 is 2.68 bits per heavy atom. The standard InChI is InChI=1S/C26H33F3N4O/c1-30-12-14-33(17-21-5-2-3-7-23(21)26(27,28)29)25(34)15-31-24-8-4-6-20-11-13-32(18-22(20)24)16-19-9-10-19/h2-8,19,30-31H,9-18H2,1H3. The van der Waals surface area contributed by atoms with Crippen LogP contribution >= 0.6 is 0 Å². The topological polar surface area (TPSA) is 47.6 Å². The van der Waals surface area contributed by atoms with Crippen molar-refractivity contribution in [1.29, 1.82) is 0 Å². The minimum atomic E-state index is -4.46. The minimum absolute atomic E-state index is 0.0387. The summed E-state index contributed by atoms with van der Waals surface area (Å²) in [5.41, 5.74) is 2.88. The second-order valence-corrected chi connectivity index (χ2v) is 9.30. The number of alkyl halides is 3. The first-order valence-corrected chi connectivity index (χ1v) is 12.0. The van der Waals surface area contributed by atoms with E-state index < -0.39 is 11.7 Å². The van der Waals surface area contributed by atoms with E-state index in [1.165, 1.54) is 41.0 Å². The molecular weight excluding hydrogens is 441 g/mol. The molecule has 0 saturated heterocycles. The third-order valence-electron chi connectivity index (χ3n) is 6.66. The number of amides is 1. The molecule has 2 aromatic rings. The fraction of sp³-hybridized carbons (Fsp3) is 0.500. The molecule has 0 bridgehead atoms. The highest BCUT2D eigenvalue weighted by molar-refractivity contribution is 5.81. The summed E-state index contributed by atoms with van der Waals surface area (Å²) in [5, 5.41) is 6.27. The van der Waals surface area contributed by atoms with Crippen molar-refractivity contribution in [3.8, 4) is 0 Å². The Bertz CT molecular complexity index is 990. The summed E-state index contributed by atoms with van der Waals surface area (Å²) >= 11 is 0. The molecular formula is C26H33F3N4O. The molecule has 1 saturated carbocycles. The lowest BCUT2D eigenvalue weighted by molar-refractivity contribution is -0.139. The van der Waals surface area contributed by atoms with Crippen LogP contribution in [0.1, 0.15) is 35.1 Å². The molecule has 8 heteroatoms. The van der Waals surface area contributed by atoms with Gasteiger partial charge in [0.25, 0.3) is 0 Å². The highest BCUT2D eigenvalue weighted by Crippen LogP contribution is 2.34. The average Bonchev–Trinajstić information content (AvgIpc) is 3.63. The number of halogens is 3. The summed E-state index contributed by atoms with van der Waals surface area (Å²) in [6, 6.07) is 11.6. The Morgan fingerprint density at radius 2 is 1.94 bits per heavy atom. The molecule has 2 aromatic carbocycles. The molecule has 1 aliphatic carbocycles. The zero-order chi connectivity index (χ0) is 24.1. The molecule has 1 fully saturated rings. The van der Waals surface area contributed by atoms with Crippen LogP contribution < -0.4 is 10.6 Å². The van der Waals surface area contributed by atoms with E-state index in [1.807, 2.05) is 12.1 Å². The maximum absolute atomic E-state index is 13.5. The van der Waals surface area contributed by atoms with Gasteiger partial charge >= 0.3 is 6.18 Å². The Labute approximate surface area is 199 Å². The van der Waals surface area contributed by atoms with E-state index >= 15 is 0 Å². The van der Waals surface area contributed by atoms with Crippen LogP contribution in [0.15, 0.2) is 42.5 Å². The quantitative estimate of drug-likeness (QED) is 0.544. The molecule has 0 radical (unpaired) electrons.